The molecule has 3 aliphatic rings. The molecule has 4 rings (SSSR count). The number of likely N-dealkylation sites (tertiary alicyclic amines) is 1. The summed E-state index contributed by atoms with van der Waals surface area (Å²) in [6.07, 6.45) is -0.166. The molecule has 3 saturated heterocycles. The summed E-state index contributed by atoms with van der Waals surface area (Å²) in [5.41, 5.74) is 0.459. The highest BCUT2D eigenvalue weighted by Gasteiger charge is 2.77. The van der Waals surface area contributed by atoms with Crippen LogP contribution in [0.5, 0.6) is 0 Å². The number of halogens is 1. The first-order chi connectivity index (χ1) is 17.6. The van der Waals surface area contributed by atoms with Gasteiger partial charge in [0, 0.05) is 29.3 Å². The van der Waals surface area contributed by atoms with Crippen LogP contribution in [-0.2, 0) is 23.9 Å². The molecule has 204 valence electrons. The molecule has 2 amide bonds. The van der Waals surface area contributed by atoms with Gasteiger partial charge in [-0.15, -0.1) is 0 Å². The number of fused-ring (bicyclic) bond motifs is 1. The summed E-state index contributed by atoms with van der Waals surface area (Å²) in [7, 11) is 0. The van der Waals surface area contributed by atoms with Gasteiger partial charge in [-0.2, -0.15) is 0 Å². The van der Waals surface area contributed by atoms with Crippen molar-refractivity contribution in [2.45, 2.75) is 69.7 Å². The lowest BCUT2D eigenvalue weighted by Gasteiger charge is -2.38. The van der Waals surface area contributed by atoms with Crippen molar-refractivity contribution >= 4 is 45.1 Å². The molecule has 2 bridgehead atoms. The summed E-state index contributed by atoms with van der Waals surface area (Å²) in [5, 5.41) is 13.2. The lowest BCUT2D eigenvalue weighted by Crippen LogP contribution is -2.57. The summed E-state index contributed by atoms with van der Waals surface area (Å²) in [4.78, 5) is 44.4. The largest absolute Gasteiger partial charge is 0.466 e. The molecule has 2 N–H and O–H groups in total. The number of esters is 1. The minimum atomic E-state index is -1.19. The Morgan fingerprint density at radius 1 is 1.24 bits per heavy atom. The van der Waals surface area contributed by atoms with Gasteiger partial charge in [-0.05, 0) is 57.4 Å². The third kappa shape index (κ3) is 4.55. The monoisotopic (exact) mass is 579 g/mol. The first-order valence-electron chi connectivity index (χ1n) is 13.2. The smallest absolute Gasteiger partial charge is 0.312 e. The number of ether oxygens (including phenoxy) is 2. The fourth-order valence-electron chi connectivity index (χ4n) is 6.41. The van der Waals surface area contributed by atoms with Crippen LogP contribution in [0.1, 0.15) is 41.0 Å². The maximum absolute atomic E-state index is 14.0. The second-order valence-electron chi connectivity index (χ2n) is 10.4. The molecule has 0 saturated carbocycles. The Kier molecular flexibility index (Phi) is 8.21. The predicted molar refractivity (Wildman–Crippen MR) is 144 cm³/mol. The number of rotatable bonds is 10. The number of amides is 2. The first-order valence-corrected chi connectivity index (χ1v) is 14.1. The van der Waals surface area contributed by atoms with Gasteiger partial charge < -0.3 is 29.7 Å². The van der Waals surface area contributed by atoms with E-state index < -0.39 is 47.5 Å². The van der Waals surface area contributed by atoms with Gasteiger partial charge in [-0.1, -0.05) is 29.8 Å². The number of nitrogens with zero attached hydrogens (tertiary/aromatic N) is 2. The third-order valence-corrected chi connectivity index (χ3v) is 8.96. The van der Waals surface area contributed by atoms with Crippen molar-refractivity contribution in [2.24, 2.45) is 17.8 Å². The molecule has 1 spiro atoms. The van der Waals surface area contributed by atoms with Gasteiger partial charge in [-0.3, -0.25) is 14.4 Å². The predicted octanol–water partition coefficient (Wildman–Crippen LogP) is 2.80. The van der Waals surface area contributed by atoms with E-state index in [1.807, 2.05) is 38.1 Å². The minimum Gasteiger partial charge on any atom is -0.466 e. The van der Waals surface area contributed by atoms with Crippen LogP contribution in [0.15, 0.2) is 24.3 Å². The fourth-order valence-corrected chi connectivity index (χ4v) is 7.35. The van der Waals surface area contributed by atoms with Gasteiger partial charge in [0.15, 0.2) is 0 Å². The van der Waals surface area contributed by atoms with Gasteiger partial charge >= 0.3 is 5.97 Å². The summed E-state index contributed by atoms with van der Waals surface area (Å²) < 4.78 is 11.8. The quantitative estimate of drug-likeness (QED) is 0.324. The normalized spacial score (nSPS) is 31.0. The van der Waals surface area contributed by atoms with E-state index in [0.717, 1.165) is 18.8 Å². The van der Waals surface area contributed by atoms with E-state index in [1.165, 1.54) is 4.90 Å². The second-order valence-corrected chi connectivity index (χ2v) is 11.5. The molecule has 10 heteroatoms. The minimum absolute atomic E-state index is 0.120. The van der Waals surface area contributed by atoms with Crippen LogP contribution in [0, 0.1) is 17.8 Å². The zero-order chi connectivity index (χ0) is 27.1. The molecule has 1 aromatic carbocycles. The van der Waals surface area contributed by atoms with Crippen molar-refractivity contribution in [3.63, 3.8) is 0 Å². The molecule has 0 aromatic heterocycles. The zero-order valence-corrected chi connectivity index (χ0v) is 23.7. The molecule has 3 heterocycles. The van der Waals surface area contributed by atoms with E-state index in [1.54, 1.807) is 6.92 Å². The van der Waals surface area contributed by atoms with E-state index in [0.29, 0.717) is 12.1 Å². The van der Waals surface area contributed by atoms with Crippen molar-refractivity contribution < 1.29 is 29.0 Å². The lowest BCUT2D eigenvalue weighted by atomic mass is 9.70. The number of hydrogen-bond donors (Lipinski definition) is 2. The van der Waals surface area contributed by atoms with Crippen LogP contribution in [0.4, 0.5) is 11.4 Å². The highest BCUT2D eigenvalue weighted by molar-refractivity contribution is 9.09. The Bertz CT molecular complexity index is 1020. The van der Waals surface area contributed by atoms with Gasteiger partial charge in [0.05, 0.1) is 37.2 Å². The molecule has 0 aliphatic carbocycles. The summed E-state index contributed by atoms with van der Waals surface area (Å²) >= 11 is 3.64. The summed E-state index contributed by atoms with van der Waals surface area (Å²) in [5.74, 6) is -3.01. The van der Waals surface area contributed by atoms with Crippen molar-refractivity contribution in [3.05, 3.63) is 24.3 Å². The zero-order valence-electron chi connectivity index (χ0n) is 22.1. The molecular weight excluding hydrogens is 542 g/mol. The van der Waals surface area contributed by atoms with Crippen LogP contribution in [0.25, 0.3) is 0 Å². The Morgan fingerprint density at radius 3 is 2.43 bits per heavy atom. The molecule has 9 nitrogen and oxygen atoms in total. The van der Waals surface area contributed by atoms with E-state index >= 15 is 0 Å². The van der Waals surface area contributed by atoms with Crippen LogP contribution in [-0.4, -0.2) is 82.7 Å². The lowest BCUT2D eigenvalue weighted by molar-refractivity contribution is -0.155. The molecule has 0 radical (unpaired) electrons. The average molecular weight is 581 g/mol. The van der Waals surface area contributed by atoms with E-state index in [2.05, 4.69) is 40.0 Å². The van der Waals surface area contributed by atoms with Gasteiger partial charge in [0.25, 0.3) is 0 Å². The Labute approximate surface area is 227 Å². The third-order valence-electron chi connectivity index (χ3n) is 8.11. The maximum Gasteiger partial charge on any atom is 0.312 e. The Hall–Kier alpha value is -2.17. The number of alkyl halides is 1. The van der Waals surface area contributed by atoms with Gasteiger partial charge in [0.2, 0.25) is 11.8 Å². The molecule has 37 heavy (non-hydrogen) atoms. The first kappa shape index (κ1) is 27.9. The van der Waals surface area contributed by atoms with Crippen molar-refractivity contribution in [1.82, 2.24) is 4.90 Å². The maximum atomic E-state index is 14.0. The second kappa shape index (κ2) is 10.9. The number of aliphatic hydroxyl groups is 1. The van der Waals surface area contributed by atoms with Crippen LogP contribution >= 0.6 is 15.9 Å². The summed E-state index contributed by atoms with van der Waals surface area (Å²) in [6, 6.07) is 5.98. The molecular formula is C27H38BrN3O6. The SMILES string of the molecule is CCOC(=O)[C@H]1[C@H]2C(=O)N([C@@H](CO)C(C)C)C(C(=O)Nc3ccc(N(CC)CC)cc3)C23CC(Br)[C@@H]1O3. The topological polar surface area (TPSA) is 108 Å². The van der Waals surface area contributed by atoms with Crippen LogP contribution in [0.3, 0.4) is 0 Å². The Balaban J connectivity index is 1.71. The standard InChI is InChI=1S/C27H38BrN3O6/c1-6-30(7-2)17-11-9-16(10-12-17)29-24(33)23-27-13-18(28)22(37-27)20(26(35)36-8-3)21(27)25(34)31(23)19(14-32)15(4)5/h9-12,15,18-23,32H,6-8,13-14H2,1-5H3,(H,29,33)/t18?,19-,20-,21-,22-,23?,27?/m0/s1. The van der Waals surface area contributed by atoms with E-state index in [9.17, 15) is 19.5 Å². The molecule has 3 aliphatic heterocycles. The van der Waals surface area contributed by atoms with E-state index in [-0.39, 0.29) is 29.9 Å². The average Bonchev–Trinajstić information content (AvgIpc) is 3.45. The molecule has 3 fully saturated rings. The molecule has 3 unspecified atom stereocenters. The summed E-state index contributed by atoms with van der Waals surface area (Å²) in [6.45, 7) is 11.3. The van der Waals surface area contributed by atoms with Crippen molar-refractivity contribution in [3.8, 4) is 0 Å². The number of anilines is 2. The van der Waals surface area contributed by atoms with Crippen molar-refractivity contribution in [1.29, 1.82) is 0 Å². The number of aliphatic hydroxyl groups excluding tert-OH is 1. The molecule has 1 aromatic rings. The number of hydrogen-bond acceptors (Lipinski definition) is 7. The fraction of sp³-hybridized carbons (Fsp3) is 0.667. The molecule has 7 atom stereocenters. The van der Waals surface area contributed by atoms with Crippen LogP contribution in [0.2, 0.25) is 0 Å². The number of carbonyl (C=O) groups excluding carboxylic acids is 3. The number of nitrogens with one attached hydrogen (secondary N) is 1. The van der Waals surface area contributed by atoms with Crippen molar-refractivity contribution in [2.75, 3.05) is 36.5 Å². The van der Waals surface area contributed by atoms with E-state index in [4.69, 9.17) is 9.47 Å². The van der Waals surface area contributed by atoms with Crippen LogP contribution < -0.4 is 10.2 Å². The highest BCUT2D eigenvalue weighted by Crippen LogP contribution is 2.60. The van der Waals surface area contributed by atoms with Gasteiger partial charge in [-0.25, -0.2) is 0 Å². The highest BCUT2D eigenvalue weighted by atomic mass is 79.9. The van der Waals surface area contributed by atoms with Gasteiger partial charge in [0.1, 0.15) is 11.6 Å². The number of carbonyl (C=O) groups is 3. The number of benzene rings is 1. The Morgan fingerprint density at radius 2 is 1.89 bits per heavy atom.